The zero-order valence-electron chi connectivity index (χ0n) is 13.8. The van der Waals surface area contributed by atoms with Crippen molar-refractivity contribution in [3.63, 3.8) is 0 Å². The Labute approximate surface area is 134 Å². The quantitative estimate of drug-likeness (QED) is 0.621. The number of aliphatic imine (C=N–C) groups is 1. The van der Waals surface area contributed by atoms with Crippen molar-refractivity contribution in [2.45, 2.75) is 45.6 Å². The lowest BCUT2D eigenvalue weighted by atomic mass is 9.81. The largest absolute Gasteiger partial charge is 0.380 e. The van der Waals surface area contributed by atoms with Crippen molar-refractivity contribution in [2.24, 2.45) is 22.6 Å². The van der Waals surface area contributed by atoms with Gasteiger partial charge in [-0.3, -0.25) is 4.99 Å². The molecule has 0 bridgehead atoms. The van der Waals surface area contributed by atoms with Gasteiger partial charge in [-0.15, -0.1) is 0 Å². The van der Waals surface area contributed by atoms with Gasteiger partial charge < -0.3 is 15.8 Å². The number of nitrogens with one attached hydrogen (secondary N) is 1. The summed E-state index contributed by atoms with van der Waals surface area (Å²) in [6.07, 6.45) is 6.59. The molecule has 0 unspecified atom stereocenters. The molecule has 0 amide bonds. The third-order valence-corrected chi connectivity index (χ3v) is 4.64. The normalized spacial score (nSPS) is 22.5. The summed E-state index contributed by atoms with van der Waals surface area (Å²) in [6.45, 7) is 3.70. The number of methoxy groups -OCH3 is 1. The van der Waals surface area contributed by atoms with Gasteiger partial charge in [-0.25, -0.2) is 0 Å². The third-order valence-electron chi connectivity index (χ3n) is 4.64. The highest BCUT2D eigenvalue weighted by molar-refractivity contribution is 5.92. The first-order valence-electron chi connectivity index (χ1n) is 8.36. The summed E-state index contributed by atoms with van der Waals surface area (Å²) in [4.78, 5) is 4.54. The lowest BCUT2D eigenvalue weighted by Crippen LogP contribution is -2.25. The highest BCUT2D eigenvalue weighted by Crippen LogP contribution is 2.30. The lowest BCUT2D eigenvalue weighted by molar-refractivity contribution is 0.185. The van der Waals surface area contributed by atoms with Crippen molar-refractivity contribution in [1.29, 1.82) is 0 Å². The molecule has 1 aliphatic carbocycles. The molecule has 0 aromatic heterocycles. The van der Waals surface area contributed by atoms with E-state index in [4.69, 9.17) is 10.5 Å². The van der Waals surface area contributed by atoms with Gasteiger partial charge in [0.05, 0.1) is 6.61 Å². The van der Waals surface area contributed by atoms with Crippen molar-refractivity contribution in [2.75, 3.05) is 19.0 Å². The molecule has 1 aromatic carbocycles. The number of nitrogens with two attached hydrogens (primary N) is 1. The van der Waals surface area contributed by atoms with Crippen LogP contribution in [0.25, 0.3) is 0 Å². The molecule has 3 N–H and O–H groups in total. The fourth-order valence-electron chi connectivity index (χ4n) is 3.15. The van der Waals surface area contributed by atoms with Gasteiger partial charge in [0.1, 0.15) is 0 Å². The van der Waals surface area contributed by atoms with Crippen LogP contribution in [0.2, 0.25) is 0 Å². The van der Waals surface area contributed by atoms with Crippen molar-refractivity contribution < 1.29 is 4.74 Å². The van der Waals surface area contributed by atoms with E-state index in [0.717, 1.165) is 23.7 Å². The van der Waals surface area contributed by atoms with E-state index < -0.39 is 0 Å². The molecule has 0 atom stereocenters. The number of nitrogens with zero attached hydrogens (tertiary/aromatic N) is 1. The summed E-state index contributed by atoms with van der Waals surface area (Å²) in [5.74, 6) is 2.12. The number of hydrogen-bond donors (Lipinski definition) is 2. The Bertz CT molecular complexity index is 479. The number of guanidine groups is 1. The van der Waals surface area contributed by atoms with E-state index >= 15 is 0 Å². The number of para-hydroxylation sites is 1. The summed E-state index contributed by atoms with van der Waals surface area (Å²) in [5.41, 5.74) is 8.10. The maximum Gasteiger partial charge on any atom is 0.193 e. The second kappa shape index (κ2) is 8.79. The maximum atomic E-state index is 6.04. The topological polar surface area (TPSA) is 59.6 Å². The molecular formula is C18H29N3O. The van der Waals surface area contributed by atoms with Crippen molar-refractivity contribution in [1.82, 2.24) is 0 Å². The van der Waals surface area contributed by atoms with E-state index in [1.165, 1.54) is 32.1 Å². The van der Waals surface area contributed by atoms with Crippen LogP contribution in [0.4, 0.5) is 5.69 Å². The summed E-state index contributed by atoms with van der Waals surface area (Å²) >= 11 is 0. The van der Waals surface area contributed by atoms with E-state index in [-0.39, 0.29) is 0 Å². The SMILES string of the molecule is CCC1CCC(CN=C(N)Nc2ccccc2COC)CC1. The maximum absolute atomic E-state index is 6.04. The molecular weight excluding hydrogens is 274 g/mol. The Morgan fingerprint density at radius 1 is 1.23 bits per heavy atom. The number of rotatable bonds is 6. The van der Waals surface area contributed by atoms with Crippen molar-refractivity contribution in [3.8, 4) is 0 Å². The van der Waals surface area contributed by atoms with Gasteiger partial charge in [-0.2, -0.15) is 0 Å². The number of benzene rings is 1. The molecule has 22 heavy (non-hydrogen) atoms. The molecule has 1 aliphatic rings. The Morgan fingerprint density at radius 2 is 1.91 bits per heavy atom. The Balaban J connectivity index is 1.85. The van der Waals surface area contributed by atoms with E-state index in [1.807, 2.05) is 24.3 Å². The number of anilines is 1. The highest BCUT2D eigenvalue weighted by atomic mass is 16.5. The second-order valence-electron chi connectivity index (χ2n) is 6.24. The van der Waals surface area contributed by atoms with Gasteiger partial charge in [-0.1, -0.05) is 44.4 Å². The van der Waals surface area contributed by atoms with Crippen molar-refractivity contribution in [3.05, 3.63) is 29.8 Å². The van der Waals surface area contributed by atoms with Crippen LogP contribution in [0.5, 0.6) is 0 Å². The van der Waals surface area contributed by atoms with Crippen LogP contribution in [0.15, 0.2) is 29.3 Å². The van der Waals surface area contributed by atoms with E-state index in [9.17, 15) is 0 Å². The van der Waals surface area contributed by atoms with Crippen LogP contribution in [-0.4, -0.2) is 19.6 Å². The minimum Gasteiger partial charge on any atom is -0.380 e. The molecule has 1 fully saturated rings. The zero-order valence-corrected chi connectivity index (χ0v) is 13.8. The first-order chi connectivity index (χ1) is 10.7. The summed E-state index contributed by atoms with van der Waals surface area (Å²) in [7, 11) is 1.70. The standard InChI is InChI=1S/C18H29N3O/c1-3-14-8-10-15(11-9-14)12-20-18(19)21-17-7-5-4-6-16(17)13-22-2/h4-7,14-15H,3,8-13H2,1-2H3,(H3,19,20,21). The first kappa shape index (κ1) is 16.8. The second-order valence-corrected chi connectivity index (χ2v) is 6.24. The van der Waals surface area contributed by atoms with Crippen LogP contribution in [-0.2, 0) is 11.3 Å². The highest BCUT2D eigenvalue weighted by Gasteiger charge is 2.19. The van der Waals surface area contributed by atoms with Crippen LogP contribution in [0.3, 0.4) is 0 Å². The van der Waals surface area contributed by atoms with Gasteiger partial charge in [0.2, 0.25) is 0 Å². The van der Waals surface area contributed by atoms with E-state index in [0.29, 0.717) is 18.5 Å². The number of hydrogen-bond acceptors (Lipinski definition) is 2. The molecule has 0 radical (unpaired) electrons. The fraction of sp³-hybridized carbons (Fsp3) is 0.611. The number of ether oxygens (including phenoxy) is 1. The van der Waals surface area contributed by atoms with Gasteiger partial charge in [0, 0.05) is 24.9 Å². The van der Waals surface area contributed by atoms with E-state index in [2.05, 4.69) is 17.2 Å². The predicted molar refractivity (Wildman–Crippen MR) is 93.0 cm³/mol. The molecule has 0 saturated heterocycles. The van der Waals surface area contributed by atoms with Gasteiger partial charge >= 0.3 is 0 Å². The summed E-state index contributed by atoms with van der Waals surface area (Å²) in [5, 5.41) is 3.20. The smallest absolute Gasteiger partial charge is 0.193 e. The lowest BCUT2D eigenvalue weighted by Gasteiger charge is -2.26. The Hall–Kier alpha value is -1.55. The average Bonchev–Trinajstić information content (AvgIpc) is 2.55. The predicted octanol–water partition coefficient (Wildman–Crippen LogP) is 3.78. The summed E-state index contributed by atoms with van der Waals surface area (Å²) in [6, 6.07) is 8.02. The summed E-state index contributed by atoms with van der Waals surface area (Å²) < 4.78 is 5.21. The zero-order chi connectivity index (χ0) is 15.8. The Morgan fingerprint density at radius 3 is 2.59 bits per heavy atom. The molecule has 0 spiro atoms. The molecule has 0 aliphatic heterocycles. The fourth-order valence-corrected chi connectivity index (χ4v) is 3.15. The van der Waals surface area contributed by atoms with Gasteiger partial charge in [-0.05, 0) is 30.7 Å². The van der Waals surface area contributed by atoms with Crippen molar-refractivity contribution >= 4 is 11.6 Å². The molecule has 4 nitrogen and oxygen atoms in total. The molecule has 1 aromatic rings. The van der Waals surface area contributed by atoms with Crippen LogP contribution < -0.4 is 11.1 Å². The Kier molecular flexibility index (Phi) is 6.72. The van der Waals surface area contributed by atoms with Crippen LogP contribution in [0, 0.1) is 11.8 Å². The first-order valence-corrected chi connectivity index (χ1v) is 8.36. The van der Waals surface area contributed by atoms with Gasteiger partial charge in [0.25, 0.3) is 0 Å². The third kappa shape index (κ3) is 5.02. The molecule has 1 saturated carbocycles. The van der Waals surface area contributed by atoms with Crippen LogP contribution in [0.1, 0.15) is 44.6 Å². The molecule has 0 heterocycles. The monoisotopic (exact) mass is 303 g/mol. The molecule has 122 valence electrons. The van der Waals surface area contributed by atoms with E-state index in [1.54, 1.807) is 7.11 Å². The minimum absolute atomic E-state index is 0.501. The average molecular weight is 303 g/mol. The molecule has 4 heteroatoms. The van der Waals surface area contributed by atoms with Crippen LogP contribution >= 0.6 is 0 Å². The van der Waals surface area contributed by atoms with Gasteiger partial charge in [0.15, 0.2) is 5.96 Å². The minimum atomic E-state index is 0.501. The molecule has 2 rings (SSSR count).